The molecule has 1 fully saturated rings. The number of pyridine rings is 1. The zero-order valence-corrected chi connectivity index (χ0v) is 17.0. The summed E-state index contributed by atoms with van der Waals surface area (Å²) in [6.45, 7) is 4.77. The van der Waals surface area contributed by atoms with E-state index in [1.165, 1.54) is 12.1 Å². The van der Waals surface area contributed by atoms with E-state index >= 15 is 0 Å². The number of nitrogens with one attached hydrogen (secondary N) is 1. The fraction of sp³-hybridized carbons (Fsp3) is 0.526. The first-order valence-corrected chi connectivity index (χ1v) is 9.11. The van der Waals surface area contributed by atoms with Crippen LogP contribution in [0.5, 0.6) is 5.88 Å². The molecular formula is C19H24ClF3N4O2. The first-order valence-electron chi connectivity index (χ1n) is 9.11. The van der Waals surface area contributed by atoms with E-state index in [1.807, 2.05) is 0 Å². The van der Waals surface area contributed by atoms with Crippen molar-refractivity contribution in [1.29, 1.82) is 0 Å². The fourth-order valence-corrected chi connectivity index (χ4v) is 3.25. The molecule has 6 nitrogen and oxygen atoms in total. The van der Waals surface area contributed by atoms with Gasteiger partial charge in [0.05, 0.1) is 5.69 Å². The number of rotatable bonds is 5. The van der Waals surface area contributed by atoms with E-state index in [0.29, 0.717) is 11.4 Å². The third kappa shape index (κ3) is 5.77. The smallest absolute Gasteiger partial charge is 0.433 e. The van der Waals surface area contributed by atoms with Crippen molar-refractivity contribution in [3.63, 3.8) is 0 Å². The van der Waals surface area contributed by atoms with Gasteiger partial charge in [-0.2, -0.15) is 13.2 Å². The molecule has 0 bridgehead atoms. The lowest BCUT2D eigenvalue weighted by Crippen LogP contribution is -2.34. The van der Waals surface area contributed by atoms with Gasteiger partial charge in [0.1, 0.15) is 23.7 Å². The Labute approximate surface area is 173 Å². The van der Waals surface area contributed by atoms with Crippen LogP contribution in [0.15, 0.2) is 24.4 Å². The quantitative estimate of drug-likeness (QED) is 0.754. The number of piperidine rings is 1. The standard InChI is InChI=1S/C19H23F3N4O2.ClH/c1-12-24-10-14(17(25-12)13-6-8-23-9-7-13)18(2,27)11-28-16-5-3-4-15(26-16)19(20,21)22;/h3-5,10,13,23,27H,6-9,11H2,1-2H3;1H. The Kier molecular flexibility index (Phi) is 7.42. The number of aliphatic hydroxyl groups is 1. The molecule has 0 radical (unpaired) electrons. The van der Waals surface area contributed by atoms with Crippen LogP contribution in [0.3, 0.4) is 0 Å². The number of aryl methyl sites for hydroxylation is 1. The van der Waals surface area contributed by atoms with Gasteiger partial charge in [-0.05, 0) is 45.8 Å². The predicted octanol–water partition coefficient (Wildman–Crippen LogP) is 3.37. The van der Waals surface area contributed by atoms with E-state index in [4.69, 9.17) is 4.74 Å². The second kappa shape index (κ2) is 9.23. The summed E-state index contributed by atoms with van der Waals surface area (Å²) in [6, 6.07) is 3.41. The molecule has 2 aromatic heterocycles. The van der Waals surface area contributed by atoms with Crippen molar-refractivity contribution in [1.82, 2.24) is 20.3 Å². The summed E-state index contributed by atoms with van der Waals surface area (Å²) in [7, 11) is 0. The third-order valence-corrected chi connectivity index (χ3v) is 4.76. The molecule has 1 saturated heterocycles. The molecule has 0 spiro atoms. The minimum Gasteiger partial charge on any atom is -0.474 e. The molecule has 3 heterocycles. The van der Waals surface area contributed by atoms with Gasteiger partial charge in [0.15, 0.2) is 0 Å². The summed E-state index contributed by atoms with van der Waals surface area (Å²) in [5.74, 6) is 0.580. The summed E-state index contributed by atoms with van der Waals surface area (Å²) in [5.41, 5.74) is -1.24. The van der Waals surface area contributed by atoms with Crippen molar-refractivity contribution in [3.8, 4) is 5.88 Å². The van der Waals surface area contributed by atoms with Gasteiger partial charge in [-0.3, -0.25) is 0 Å². The van der Waals surface area contributed by atoms with Gasteiger partial charge >= 0.3 is 6.18 Å². The third-order valence-electron chi connectivity index (χ3n) is 4.76. The van der Waals surface area contributed by atoms with Crippen LogP contribution in [0.25, 0.3) is 0 Å². The summed E-state index contributed by atoms with van der Waals surface area (Å²) in [5, 5.41) is 14.3. The fourth-order valence-electron chi connectivity index (χ4n) is 3.25. The summed E-state index contributed by atoms with van der Waals surface area (Å²) in [4.78, 5) is 12.2. The number of alkyl halides is 3. The number of aromatic nitrogens is 3. The summed E-state index contributed by atoms with van der Waals surface area (Å²) < 4.78 is 43.8. The first kappa shape index (κ1) is 23.3. The highest BCUT2D eigenvalue weighted by molar-refractivity contribution is 5.85. The van der Waals surface area contributed by atoms with E-state index in [0.717, 1.165) is 37.7 Å². The average molecular weight is 433 g/mol. The van der Waals surface area contributed by atoms with Gasteiger partial charge in [0, 0.05) is 23.7 Å². The molecule has 29 heavy (non-hydrogen) atoms. The van der Waals surface area contributed by atoms with Crippen LogP contribution in [-0.2, 0) is 11.8 Å². The molecule has 1 atom stereocenters. The molecule has 160 valence electrons. The van der Waals surface area contributed by atoms with Crippen LogP contribution in [0.1, 0.15) is 48.5 Å². The zero-order chi connectivity index (χ0) is 20.4. The SMILES string of the molecule is Cc1ncc(C(C)(O)COc2cccc(C(F)(F)F)n2)c(C2CCNCC2)n1.Cl. The van der Waals surface area contributed by atoms with Gasteiger partial charge in [0.2, 0.25) is 5.88 Å². The molecule has 0 aliphatic carbocycles. The van der Waals surface area contributed by atoms with Crippen LogP contribution in [-0.4, -0.2) is 39.8 Å². The maximum absolute atomic E-state index is 12.8. The number of halogens is 4. The number of ether oxygens (including phenoxy) is 1. The van der Waals surface area contributed by atoms with Gasteiger partial charge in [0.25, 0.3) is 0 Å². The van der Waals surface area contributed by atoms with E-state index < -0.39 is 17.5 Å². The van der Waals surface area contributed by atoms with E-state index in [9.17, 15) is 18.3 Å². The highest BCUT2D eigenvalue weighted by Crippen LogP contribution is 2.33. The van der Waals surface area contributed by atoms with E-state index in [2.05, 4.69) is 20.3 Å². The van der Waals surface area contributed by atoms with Crippen molar-refractivity contribution >= 4 is 12.4 Å². The van der Waals surface area contributed by atoms with Gasteiger partial charge in [-0.25, -0.2) is 15.0 Å². The van der Waals surface area contributed by atoms with Crippen molar-refractivity contribution in [2.24, 2.45) is 0 Å². The topological polar surface area (TPSA) is 80.2 Å². The van der Waals surface area contributed by atoms with Crippen LogP contribution < -0.4 is 10.1 Å². The molecule has 1 unspecified atom stereocenters. The van der Waals surface area contributed by atoms with Crippen molar-refractivity contribution in [3.05, 3.63) is 47.2 Å². The maximum atomic E-state index is 12.8. The lowest BCUT2D eigenvalue weighted by atomic mass is 9.86. The average Bonchev–Trinajstić information content (AvgIpc) is 2.66. The largest absolute Gasteiger partial charge is 0.474 e. The molecule has 0 saturated carbocycles. The van der Waals surface area contributed by atoms with Gasteiger partial charge < -0.3 is 15.2 Å². The molecule has 2 aromatic rings. The lowest BCUT2D eigenvalue weighted by molar-refractivity contribution is -0.141. The Morgan fingerprint density at radius 3 is 2.55 bits per heavy atom. The summed E-state index contributed by atoms with van der Waals surface area (Å²) in [6.07, 6.45) is -1.22. The Morgan fingerprint density at radius 1 is 1.21 bits per heavy atom. The normalized spacial score (nSPS) is 17.3. The van der Waals surface area contributed by atoms with Crippen LogP contribution >= 0.6 is 12.4 Å². The molecule has 0 aromatic carbocycles. The second-order valence-corrected chi connectivity index (χ2v) is 7.16. The minimum absolute atomic E-state index is 0. The van der Waals surface area contributed by atoms with Gasteiger partial charge in [-0.1, -0.05) is 6.07 Å². The zero-order valence-electron chi connectivity index (χ0n) is 16.2. The van der Waals surface area contributed by atoms with Crippen molar-refractivity contribution in [2.45, 2.75) is 44.4 Å². The number of nitrogens with zero attached hydrogens (tertiary/aromatic N) is 3. The molecular weight excluding hydrogens is 409 g/mol. The monoisotopic (exact) mass is 432 g/mol. The van der Waals surface area contributed by atoms with Crippen LogP contribution in [0, 0.1) is 6.92 Å². The Hall–Kier alpha value is -1.97. The molecule has 3 rings (SSSR count). The predicted molar refractivity (Wildman–Crippen MR) is 103 cm³/mol. The van der Waals surface area contributed by atoms with E-state index in [-0.39, 0.29) is 30.8 Å². The van der Waals surface area contributed by atoms with Crippen LogP contribution in [0.2, 0.25) is 0 Å². The molecule has 1 aliphatic rings. The van der Waals surface area contributed by atoms with Crippen LogP contribution in [0.4, 0.5) is 13.2 Å². The number of hydrogen-bond acceptors (Lipinski definition) is 6. The lowest BCUT2D eigenvalue weighted by Gasteiger charge is -2.30. The summed E-state index contributed by atoms with van der Waals surface area (Å²) >= 11 is 0. The molecule has 10 heteroatoms. The first-order chi connectivity index (χ1) is 13.2. The molecule has 1 aliphatic heterocycles. The van der Waals surface area contributed by atoms with Crippen molar-refractivity contribution in [2.75, 3.05) is 19.7 Å². The molecule has 2 N–H and O–H groups in total. The Morgan fingerprint density at radius 2 is 1.90 bits per heavy atom. The van der Waals surface area contributed by atoms with Gasteiger partial charge in [-0.15, -0.1) is 12.4 Å². The highest BCUT2D eigenvalue weighted by atomic mass is 35.5. The number of hydrogen-bond donors (Lipinski definition) is 2. The second-order valence-electron chi connectivity index (χ2n) is 7.16. The Balaban J connectivity index is 0.00000300. The molecule has 0 amide bonds. The maximum Gasteiger partial charge on any atom is 0.433 e. The Bertz CT molecular complexity index is 827. The minimum atomic E-state index is -4.56. The van der Waals surface area contributed by atoms with Crippen molar-refractivity contribution < 1.29 is 23.0 Å². The van der Waals surface area contributed by atoms with E-state index in [1.54, 1.807) is 20.0 Å². The highest BCUT2D eigenvalue weighted by Gasteiger charge is 2.34.